The van der Waals surface area contributed by atoms with Gasteiger partial charge in [-0.2, -0.15) is 0 Å². The molecule has 0 aliphatic carbocycles. The van der Waals surface area contributed by atoms with E-state index in [1.54, 1.807) is 24.3 Å². The van der Waals surface area contributed by atoms with Gasteiger partial charge in [-0.15, -0.1) is 6.58 Å². The molecule has 3 aromatic rings. The van der Waals surface area contributed by atoms with Crippen molar-refractivity contribution in [2.24, 2.45) is 0 Å². The largest absolute Gasteiger partial charge is 0.494 e. The fourth-order valence-electron chi connectivity index (χ4n) is 4.68. The summed E-state index contributed by atoms with van der Waals surface area (Å²) in [5.74, 6) is 1.20. The van der Waals surface area contributed by atoms with Gasteiger partial charge in [0.25, 0.3) is 10.0 Å². The van der Waals surface area contributed by atoms with Crippen LogP contribution in [-0.2, 0) is 16.4 Å². The number of unbranched alkanes of at least 4 members (excludes halogenated alkanes) is 2. The van der Waals surface area contributed by atoms with E-state index < -0.39 is 10.0 Å². The molecule has 2 heterocycles. The molecule has 0 bridgehead atoms. The van der Waals surface area contributed by atoms with Crippen molar-refractivity contribution in [2.75, 3.05) is 17.5 Å². The van der Waals surface area contributed by atoms with Crippen molar-refractivity contribution in [3.05, 3.63) is 95.8 Å². The van der Waals surface area contributed by atoms with Crippen LogP contribution in [0.5, 0.6) is 5.75 Å². The molecular weight excluding hydrogens is 492 g/mol. The van der Waals surface area contributed by atoms with E-state index in [4.69, 9.17) is 16.3 Å². The number of rotatable bonds is 12. The second-order valence-electron chi connectivity index (χ2n) is 9.10. The number of anilines is 1. The normalized spacial score (nSPS) is 14.2. The smallest absolute Gasteiger partial charge is 0.264 e. The highest BCUT2D eigenvalue weighted by atomic mass is 35.5. The van der Waals surface area contributed by atoms with Crippen LogP contribution in [0.4, 0.5) is 5.69 Å². The number of sulfonamides is 1. The fraction of sp³-hybridized carbons (Fsp3) is 0.345. The quantitative estimate of drug-likeness (QED) is 0.186. The van der Waals surface area contributed by atoms with Crippen molar-refractivity contribution in [1.82, 2.24) is 4.98 Å². The van der Waals surface area contributed by atoms with Crippen LogP contribution in [0.15, 0.2) is 84.4 Å². The van der Waals surface area contributed by atoms with Crippen LogP contribution in [0.1, 0.15) is 55.7 Å². The minimum absolute atomic E-state index is 0.249. The summed E-state index contributed by atoms with van der Waals surface area (Å²) >= 11 is 5.94. The van der Waals surface area contributed by atoms with Gasteiger partial charge in [0, 0.05) is 29.4 Å². The summed E-state index contributed by atoms with van der Waals surface area (Å²) in [7, 11) is -3.64. The summed E-state index contributed by atoms with van der Waals surface area (Å²) < 4.78 is 34.0. The van der Waals surface area contributed by atoms with Crippen LogP contribution in [0, 0.1) is 0 Å². The molecule has 0 saturated heterocycles. The maximum atomic E-state index is 13.2. The first-order valence-electron chi connectivity index (χ1n) is 12.5. The van der Waals surface area contributed by atoms with E-state index >= 15 is 0 Å². The number of ether oxygens (including phenoxy) is 1. The lowest BCUT2D eigenvalue weighted by molar-refractivity contribution is 0.303. The summed E-state index contributed by atoms with van der Waals surface area (Å²) in [6, 6.07) is 18.1. The van der Waals surface area contributed by atoms with Crippen LogP contribution in [-0.4, -0.2) is 26.6 Å². The molecule has 0 amide bonds. The van der Waals surface area contributed by atoms with Gasteiger partial charge < -0.3 is 4.74 Å². The number of allylic oxidation sites excluding steroid dienone is 1. The average molecular weight is 525 g/mol. The third kappa shape index (κ3) is 6.48. The van der Waals surface area contributed by atoms with E-state index in [2.05, 4.69) is 17.6 Å². The van der Waals surface area contributed by atoms with Crippen molar-refractivity contribution in [3.8, 4) is 5.75 Å². The van der Waals surface area contributed by atoms with Crippen LogP contribution in [0.25, 0.3) is 0 Å². The maximum Gasteiger partial charge on any atom is 0.264 e. The number of hydrogen-bond acceptors (Lipinski definition) is 4. The Morgan fingerprint density at radius 3 is 2.67 bits per heavy atom. The van der Waals surface area contributed by atoms with Crippen LogP contribution < -0.4 is 9.04 Å². The topological polar surface area (TPSA) is 59.5 Å². The number of fused-ring (bicyclic) bond motifs is 1. The Labute approximate surface area is 219 Å². The Kier molecular flexibility index (Phi) is 9.05. The lowest BCUT2D eigenvalue weighted by Gasteiger charge is -2.30. The molecule has 1 unspecified atom stereocenters. The first kappa shape index (κ1) is 26.2. The molecule has 4 rings (SSSR count). The Morgan fingerprint density at radius 1 is 1.08 bits per heavy atom. The molecule has 0 N–H and O–H groups in total. The number of pyridine rings is 1. The highest BCUT2D eigenvalue weighted by Crippen LogP contribution is 2.34. The van der Waals surface area contributed by atoms with Gasteiger partial charge in [-0.3, -0.25) is 9.29 Å². The van der Waals surface area contributed by atoms with Gasteiger partial charge >= 0.3 is 0 Å². The summed E-state index contributed by atoms with van der Waals surface area (Å²) in [5, 5.41) is 0.513. The molecule has 1 aliphatic rings. The zero-order valence-electron chi connectivity index (χ0n) is 20.5. The second kappa shape index (κ2) is 12.4. The molecule has 0 spiro atoms. The van der Waals surface area contributed by atoms with Crippen molar-refractivity contribution < 1.29 is 13.2 Å². The van der Waals surface area contributed by atoms with Gasteiger partial charge in [0.1, 0.15) is 5.75 Å². The summed E-state index contributed by atoms with van der Waals surface area (Å²) in [6.07, 6.45) is 10.6. The molecule has 1 atom stereocenters. The van der Waals surface area contributed by atoms with Crippen molar-refractivity contribution in [1.29, 1.82) is 0 Å². The van der Waals surface area contributed by atoms with Crippen molar-refractivity contribution in [3.63, 3.8) is 0 Å². The van der Waals surface area contributed by atoms with E-state index in [9.17, 15) is 8.42 Å². The van der Waals surface area contributed by atoms with Crippen LogP contribution in [0.2, 0.25) is 5.02 Å². The molecule has 36 heavy (non-hydrogen) atoms. The van der Waals surface area contributed by atoms with Gasteiger partial charge in [-0.1, -0.05) is 36.6 Å². The molecular formula is C29H33ClN2O3S. The predicted octanol–water partition coefficient (Wildman–Crippen LogP) is 7.18. The fourth-order valence-corrected chi connectivity index (χ4v) is 6.34. The second-order valence-corrected chi connectivity index (χ2v) is 11.4. The van der Waals surface area contributed by atoms with Crippen molar-refractivity contribution >= 4 is 27.3 Å². The van der Waals surface area contributed by atoms with E-state index in [1.807, 2.05) is 42.6 Å². The van der Waals surface area contributed by atoms with Gasteiger partial charge in [0.05, 0.1) is 17.2 Å². The molecule has 1 aliphatic heterocycles. The zero-order valence-corrected chi connectivity index (χ0v) is 22.1. The SMILES string of the molecule is C=CCC(CCCCCOc1ccc2c(c1)CCCN2S(=O)(=O)c1ccc(Cl)cc1)c1ccccn1. The summed E-state index contributed by atoms with van der Waals surface area (Å²) in [4.78, 5) is 4.76. The average Bonchev–Trinajstić information content (AvgIpc) is 2.90. The van der Waals surface area contributed by atoms with E-state index in [-0.39, 0.29) is 4.90 Å². The third-order valence-corrected chi connectivity index (χ3v) is 8.63. The first-order valence-corrected chi connectivity index (χ1v) is 14.4. The van der Waals surface area contributed by atoms with Gasteiger partial charge in [0.2, 0.25) is 0 Å². The molecule has 1 aromatic heterocycles. The third-order valence-electron chi connectivity index (χ3n) is 6.55. The number of aromatic nitrogens is 1. The molecule has 7 heteroatoms. The summed E-state index contributed by atoms with van der Waals surface area (Å²) in [6.45, 7) is 5.00. The Balaban J connectivity index is 1.30. The number of benzene rings is 2. The van der Waals surface area contributed by atoms with Crippen molar-refractivity contribution in [2.45, 2.75) is 55.8 Å². The monoisotopic (exact) mass is 524 g/mol. The molecule has 0 fully saturated rings. The van der Waals surface area contributed by atoms with Gasteiger partial charge in [-0.05, 0) is 92.3 Å². The van der Waals surface area contributed by atoms with E-state index in [0.29, 0.717) is 24.1 Å². The highest BCUT2D eigenvalue weighted by molar-refractivity contribution is 7.92. The number of nitrogens with zero attached hydrogens (tertiary/aromatic N) is 2. The Morgan fingerprint density at radius 2 is 1.92 bits per heavy atom. The minimum atomic E-state index is -3.64. The lowest BCUT2D eigenvalue weighted by Crippen LogP contribution is -2.35. The molecule has 2 aromatic carbocycles. The molecule has 190 valence electrons. The highest BCUT2D eigenvalue weighted by Gasteiger charge is 2.29. The maximum absolute atomic E-state index is 13.2. The molecule has 0 radical (unpaired) electrons. The van der Waals surface area contributed by atoms with Crippen LogP contribution in [0.3, 0.4) is 0 Å². The predicted molar refractivity (Wildman–Crippen MR) is 147 cm³/mol. The van der Waals surface area contributed by atoms with Gasteiger partial charge in [0.15, 0.2) is 0 Å². The molecule has 5 nitrogen and oxygen atoms in total. The number of hydrogen-bond donors (Lipinski definition) is 0. The first-order chi connectivity index (χ1) is 17.5. The minimum Gasteiger partial charge on any atom is -0.494 e. The van der Waals surface area contributed by atoms with Gasteiger partial charge in [-0.25, -0.2) is 8.42 Å². The molecule has 0 saturated carbocycles. The Hall–Kier alpha value is -2.83. The summed E-state index contributed by atoms with van der Waals surface area (Å²) in [5.41, 5.74) is 2.86. The Bertz CT molecular complexity index is 1250. The number of aryl methyl sites for hydroxylation is 1. The number of halogens is 1. The van der Waals surface area contributed by atoms with E-state index in [1.165, 1.54) is 4.31 Å². The lowest BCUT2D eigenvalue weighted by atomic mass is 9.94. The zero-order chi connectivity index (χ0) is 25.4. The standard InChI is InChI=1S/C29H33ClN2O3S/c1-2-9-23(28-12-5-6-19-31-28)10-4-3-7-21-35-26-15-18-29-24(22-26)11-8-20-32(29)36(33,34)27-16-13-25(30)14-17-27/h2,5-6,12-19,22-23H,1,3-4,7-11,20-21H2. The van der Waals surface area contributed by atoms with E-state index in [0.717, 1.165) is 67.6 Å². The van der Waals surface area contributed by atoms with Crippen LogP contribution >= 0.6 is 11.6 Å².